The van der Waals surface area contributed by atoms with Crippen LogP contribution in [-0.4, -0.2) is 48.1 Å². The number of ether oxygens (including phenoxy) is 3. The lowest BCUT2D eigenvalue weighted by molar-refractivity contribution is -0.190. The van der Waals surface area contributed by atoms with Crippen LogP contribution < -0.4 is 0 Å². The fourth-order valence-electron chi connectivity index (χ4n) is 2.75. The highest BCUT2D eigenvalue weighted by atomic mass is 32.1. The van der Waals surface area contributed by atoms with Crippen LogP contribution >= 0.6 is 12.2 Å². The first-order valence-corrected chi connectivity index (χ1v) is 8.77. The lowest BCUT2D eigenvalue weighted by Crippen LogP contribution is -2.47. The number of aryl methyl sites for hydroxylation is 1. The van der Waals surface area contributed by atoms with Gasteiger partial charge in [0.1, 0.15) is 6.61 Å². The van der Waals surface area contributed by atoms with Gasteiger partial charge < -0.3 is 14.2 Å². The Kier molecular flexibility index (Phi) is 7.11. The number of allylic oxidation sites excluding steroid dienone is 1. The van der Waals surface area contributed by atoms with E-state index in [0.29, 0.717) is 32.8 Å². The van der Waals surface area contributed by atoms with Crippen molar-refractivity contribution in [2.75, 3.05) is 26.4 Å². The molecule has 1 amide bonds. The number of nitrogens with zero attached hydrogens (tertiary/aromatic N) is 1. The summed E-state index contributed by atoms with van der Waals surface area (Å²) in [5.41, 5.74) is 1.32. The van der Waals surface area contributed by atoms with E-state index < -0.39 is 11.7 Å². The van der Waals surface area contributed by atoms with E-state index in [-0.39, 0.29) is 11.1 Å². The molecular formula is C19H25NO4S. The number of carbonyl (C=O) groups is 1. The van der Waals surface area contributed by atoms with Crippen molar-refractivity contribution in [1.82, 2.24) is 4.90 Å². The predicted molar refractivity (Wildman–Crippen MR) is 100 cm³/mol. The summed E-state index contributed by atoms with van der Waals surface area (Å²) in [6.45, 7) is 9.48. The van der Waals surface area contributed by atoms with Crippen LogP contribution in [0.3, 0.4) is 0 Å². The van der Waals surface area contributed by atoms with Crippen molar-refractivity contribution in [3.8, 4) is 0 Å². The molecule has 2 aliphatic heterocycles. The van der Waals surface area contributed by atoms with Crippen LogP contribution in [0.1, 0.15) is 18.9 Å². The van der Waals surface area contributed by atoms with Crippen molar-refractivity contribution >= 4 is 23.3 Å². The van der Waals surface area contributed by atoms with Crippen LogP contribution in [0.25, 0.3) is 0 Å². The van der Waals surface area contributed by atoms with Gasteiger partial charge in [0.25, 0.3) is 5.17 Å². The second-order valence-electron chi connectivity index (χ2n) is 6.05. The summed E-state index contributed by atoms with van der Waals surface area (Å²) in [6, 6.07) is 10.3. The van der Waals surface area contributed by atoms with Crippen molar-refractivity contribution in [3.63, 3.8) is 0 Å². The highest BCUT2D eigenvalue weighted by Crippen LogP contribution is 2.32. The molecule has 0 aromatic heterocycles. The first kappa shape index (κ1) is 19.6. The maximum atomic E-state index is 12.5. The molecule has 1 unspecified atom stereocenters. The van der Waals surface area contributed by atoms with Crippen LogP contribution in [0, 0.1) is 12.8 Å². The molecule has 0 saturated carbocycles. The molecule has 0 radical (unpaired) electrons. The monoisotopic (exact) mass is 363 g/mol. The highest BCUT2D eigenvalue weighted by molar-refractivity contribution is 7.80. The Labute approximate surface area is 154 Å². The molecule has 2 aliphatic rings. The summed E-state index contributed by atoms with van der Waals surface area (Å²) in [5.74, 6) is -1.47. The fraction of sp³-hybridized carbons (Fsp3) is 0.474. The Morgan fingerprint density at radius 2 is 1.96 bits per heavy atom. The third-order valence-corrected chi connectivity index (χ3v) is 4.50. The van der Waals surface area contributed by atoms with Crippen LogP contribution in [0.5, 0.6) is 0 Å². The Morgan fingerprint density at radius 1 is 1.32 bits per heavy atom. The molecule has 1 aromatic rings. The molecule has 136 valence electrons. The third kappa shape index (κ3) is 5.11. The van der Waals surface area contributed by atoms with Gasteiger partial charge in [0, 0.05) is 0 Å². The van der Waals surface area contributed by atoms with Crippen molar-refractivity contribution in [2.24, 2.45) is 5.92 Å². The largest absolute Gasteiger partial charge is 0.469 e. The van der Waals surface area contributed by atoms with E-state index in [1.165, 1.54) is 10.5 Å². The van der Waals surface area contributed by atoms with Gasteiger partial charge in [0.15, 0.2) is 5.79 Å². The Balaban J connectivity index is 0.000000269. The second kappa shape index (κ2) is 9.08. The van der Waals surface area contributed by atoms with Crippen LogP contribution in [0.15, 0.2) is 43.0 Å². The molecule has 6 heteroatoms. The van der Waals surface area contributed by atoms with Gasteiger partial charge in [-0.2, -0.15) is 0 Å². The van der Waals surface area contributed by atoms with E-state index in [1.54, 1.807) is 13.0 Å². The summed E-state index contributed by atoms with van der Waals surface area (Å²) >= 11 is 5.01. The Hall–Kier alpha value is -1.76. The van der Waals surface area contributed by atoms with Crippen molar-refractivity contribution < 1.29 is 19.0 Å². The summed E-state index contributed by atoms with van der Waals surface area (Å²) in [7, 11) is 0. The molecule has 0 N–H and O–H groups in total. The molecule has 0 bridgehead atoms. The maximum Gasteiger partial charge on any atom is 0.266 e. The van der Waals surface area contributed by atoms with Gasteiger partial charge in [-0.05, 0) is 32.5 Å². The first-order chi connectivity index (χ1) is 12.0. The minimum atomic E-state index is -0.899. The number of hydrogen-bond acceptors (Lipinski definition) is 5. The Bertz CT molecular complexity index is 599. The van der Waals surface area contributed by atoms with Crippen LogP contribution in [0.2, 0.25) is 0 Å². The van der Waals surface area contributed by atoms with E-state index in [0.717, 1.165) is 0 Å². The topological polar surface area (TPSA) is 48.0 Å². The number of amides is 1. The molecule has 0 spiro atoms. The average Bonchev–Trinajstić information content (AvgIpc) is 3.22. The molecule has 2 heterocycles. The van der Waals surface area contributed by atoms with E-state index in [2.05, 4.69) is 25.6 Å². The summed E-state index contributed by atoms with van der Waals surface area (Å²) in [4.78, 5) is 14.0. The highest BCUT2D eigenvalue weighted by Gasteiger charge is 2.46. The summed E-state index contributed by atoms with van der Waals surface area (Å²) in [5, 5.41) is 0.232. The van der Waals surface area contributed by atoms with Gasteiger partial charge >= 0.3 is 0 Å². The summed E-state index contributed by atoms with van der Waals surface area (Å²) in [6.07, 6.45) is 2.17. The number of hydrogen-bond donors (Lipinski definition) is 0. The molecule has 1 aromatic carbocycles. The van der Waals surface area contributed by atoms with E-state index in [4.69, 9.17) is 26.4 Å². The number of rotatable bonds is 4. The lowest BCUT2D eigenvalue weighted by atomic mass is 9.94. The molecule has 3 rings (SSSR count). The predicted octanol–water partition coefficient (Wildman–Crippen LogP) is 3.08. The minimum absolute atomic E-state index is 0.123. The smallest absolute Gasteiger partial charge is 0.266 e. The molecule has 2 saturated heterocycles. The van der Waals surface area contributed by atoms with Crippen molar-refractivity contribution in [1.29, 1.82) is 0 Å². The quantitative estimate of drug-likeness (QED) is 0.608. The molecule has 5 nitrogen and oxygen atoms in total. The van der Waals surface area contributed by atoms with E-state index >= 15 is 0 Å². The molecule has 2 fully saturated rings. The van der Waals surface area contributed by atoms with Gasteiger partial charge in [-0.25, -0.2) is 0 Å². The van der Waals surface area contributed by atoms with Gasteiger partial charge in [0.2, 0.25) is 5.91 Å². The zero-order valence-electron chi connectivity index (χ0n) is 14.8. The summed E-state index contributed by atoms with van der Waals surface area (Å²) < 4.78 is 16.3. The molecule has 25 heavy (non-hydrogen) atoms. The first-order valence-electron chi connectivity index (χ1n) is 8.36. The van der Waals surface area contributed by atoms with Gasteiger partial charge in [-0.3, -0.25) is 9.69 Å². The standard InChI is InChI=1S/C12H17NO4S.C7H8/c1-3-4-9(12(2)16-7-8-17-12)10(14)13-5-6-15-11(13)18;1-7-5-3-2-4-6-7/h3,9H,1,4-8H2,2H3;2-6H,1H3. The molecule has 0 aliphatic carbocycles. The van der Waals surface area contributed by atoms with Gasteiger partial charge in [0.05, 0.1) is 25.7 Å². The normalized spacial score (nSPS) is 19.6. The van der Waals surface area contributed by atoms with Crippen molar-refractivity contribution in [3.05, 3.63) is 48.6 Å². The number of benzene rings is 1. The minimum Gasteiger partial charge on any atom is -0.469 e. The Morgan fingerprint density at radius 3 is 2.40 bits per heavy atom. The zero-order chi connectivity index (χ0) is 18.3. The number of carbonyl (C=O) groups excluding carboxylic acids is 1. The average molecular weight is 363 g/mol. The van der Waals surface area contributed by atoms with Gasteiger partial charge in [-0.15, -0.1) is 6.58 Å². The lowest BCUT2D eigenvalue weighted by Gasteiger charge is -2.32. The van der Waals surface area contributed by atoms with Crippen LogP contribution in [0.4, 0.5) is 0 Å². The molecule has 1 atom stereocenters. The SMILES string of the molecule is C=CCC(C(=O)N1CCOC1=S)C1(C)OCCO1.Cc1ccccc1. The van der Waals surface area contributed by atoms with Crippen LogP contribution in [-0.2, 0) is 19.0 Å². The van der Waals surface area contributed by atoms with E-state index in [1.807, 2.05) is 18.2 Å². The third-order valence-electron chi connectivity index (χ3n) is 4.16. The van der Waals surface area contributed by atoms with Crippen molar-refractivity contribution in [2.45, 2.75) is 26.1 Å². The second-order valence-corrected chi connectivity index (χ2v) is 6.40. The number of thiocarbonyl (C=S) groups is 1. The van der Waals surface area contributed by atoms with Gasteiger partial charge in [-0.1, -0.05) is 42.0 Å². The maximum absolute atomic E-state index is 12.5. The van der Waals surface area contributed by atoms with E-state index in [9.17, 15) is 4.79 Å². The zero-order valence-corrected chi connectivity index (χ0v) is 15.6. The molecular weight excluding hydrogens is 338 g/mol. The fourth-order valence-corrected chi connectivity index (χ4v) is 3.02.